The Balaban J connectivity index is 2.15. The zero-order valence-corrected chi connectivity index (χ0v) is 13.0. The standard InChI is InChI=1S/C18H18NO4/c1-12(2)23-18(21)19-10-8-15-14(9-11-22-15)16(19)17(20)13-6-4-3-5-7-13/h3-12,17,20H,1-2H3/q+1. The van der Waals surface area contributed by atoms with Crippen LogP contribution in [0.1, 0.15) is 31.2 Å². The lowest BCUT2D eigenvalue weighted by Crippen LogP contribution is -2.48. The van der Waals surface area contributed by atoms with Crippen molar-refractivity contribution in [1.29, 1.82) is 0 Å². The maximum atomic E-state index is 12.4. The fourth-order valence-corrected chi connectivity index (χ4v) is 2.50. The molecule has 0 amide bonds. The van der Waals surface area contributed by atoms with Crippen molar-refractivity contribution < 1.29 is 23.6 Å². The van der Waals surface area contributed by atoms with Gasteiger partial charge in [0, 0.05) is 6.07 Å². The molecule has 0 saturated carbocycles. The summed E-state index contributed by atoms with van der Waals surface area (Å²) in [6, 6.07) is 12.6. The number of carbonyl (C=O) groups is 1. The minimum absolute atomic E-state index is 0.253. The molecule has 3 rings (SSSR count). The van der Waals surface area contributed by atoms with Crippen molar-refractivity contribution in [1.82, 2.24) is 0 Å². The zero-order chi connectivity index (χ0) is 16.4. The van der Waals surface area contributed by atoms with E-state index < -0.39 is 12.2 Å². The first-order valence-electron chi connectivity index (χ1n) is 7.43. The molecule has 2 aromatic heterocycles. The zero-order valence-electron chi connectivity index (χ0n) is 13.0. The summed E-state index contributed by atoms with van der Waals surface area (Å²) in [6.45, 7) is 3.56. The molecular formula is C18H18NO4+. The summed E-state index contributed by atoms with van der Waals surface area (Å²) in [5.41, 5.74) is 1.71. The number of fused-ring (bicyclic) bond motifs is 1. The molecule has 0 aliphatic heterocycles. The number of aromatic nitrogens is 1. The van der Waals surface area contributed by atoms with Crippen LogP contribution in [0.2, 0.25) is 0 Å². The van der Waals surface area contributed by atoms with E-state index in [2.05, 4.69) is 0 Å². The molecule has 1 aromatic carbocycles. The van der Waals surface area contributed by atoms with Gasteiger partial charge in [0.15, 0.2) is 12.3 Å². The molecule has 5 heteroatoms. The molecule has 3 aromatic rings. The molecule has 0 saturated heterocycles. The van der Waals surface area contributed by atoms with Gasteiger partial charge in [0.1, 0.15) is 11.7 Å². The number of aliphatic hydroxyl groups excluding tert-OH is 1. The Morgan fingerprint density at radius 1 is 1.17 bits per heavy atom. The summed E-state index contributed by atoms with van der Waals surface area (Å²) in [4.78, 5) is 12.4. The van der Waals surface area contributed by atoms with Crippen LogP contribution in [0.25, 0.3) is 11.0 Å². The number of rotatable bonds is 3. The van der Waals surface area contributed by atoms with E-state index in [1.807, 2.05) is 30.3 Å². The largest absolute Gasteiger partial charge is 0.602 e. The highest BCUT2D eigenvalue weighted by Crippen LogP contribution is 2.26. The number of nitrogens with zero attached hydrogens (tertiary/aromatic N) is 1. The van der Waals surface area contributed by atoms with Gasteiger partial charge in [0.2, 0.25) is 5.69 Å². The number of pyridine rings is 1. The minimum Gasteiger partial charge on any atom is -0.464 e. The first-order chi connectivity index (χ1) is 11.1. The van der Waals surface area contributed by atoms with Crippen LogP contribution in [0.4, 0.5) is 4.79 Å². The Bertz CT molecular complexity index is 823. The van der Waals surface area contributed by atoms with Gasteiger partial charge in [-0.1, -0.05) is 34.9 Å². The molecule has 0 spiro atoms. The number of aliphatic hydroxyl groups is 1. The van der Waals surface area contributed by atoms with Gasteiger partial charge in [-0.15, -0.1) is 0 Å². The third-order valence-corrected chi connectivity index (χ3v) is 3.51. The molecule has 2 heterocycles. The van der Waals surface area contributed by atoms with E-state index in [0.29, 0.717) is 22.2 Å². The van der Waals surface area contributed by atoms with Crippen LogP contribution in [-0.4, -0.2) is 17.3 Å². The van der Waals surface area contributed by atoms with Crippen LogP contribution < -0.4 is 4.57 Å². The normalized spacial score (nSPS) is 12.5. The van der Waals surface area contributed by atoms with Crippen molar-refractivity contribution in [3.8, 4) is 0 Å². The molecule has 5 nitrogen and oxygen atoms in total. The lowest BCUT2D eigenvalue weighted by molar-refractivity contribution is -0.597. The third kappa shape index (κ3) is 2.96. The van der Waals surface area contributed by atoms with Gasteiger partial charge < -0.3 is 14.3 Å². The van der Waals surface area contributed by atoms with Gasteiger partial charge in [0.05, 0.1) is 11.6 Å². The summed E-state index contributed by atoms with van der Waals surface area (Å²) in [6.07, 6.45) is 1.32. The van der Waals surface area contributed by atoms with E-state index in [9.17, 15) is 9.90 Å². The maximum absolute atomic E-state index is 12.4. The molecule has 0 fully saturated rings. The quantitative estimate of drug-likeness (QED) is 0.754. The summed E-state index contributed by atoms with van der Waals surface area (Å²) < 4.78 is 12.0. The smallest absolute Gasteiger partial charge is 0.464 e. The van der Waals surface area contributed by atoms with Crippen LogP contribution in [0, 0.1) is 0 Å². The fourth-order valence-electron chi connectivity index (χ4n) is 2.50. The summed E-state index contributed by atoms with van der Waals surface area (Å²) in [7, 11) is 0. The average Bonchev–Trinajstić information content (AvgIpc) is 3.02. The second kappa shape index (κ2) is 6.22. The lowest BCUT2D eigenvalue weighted by Gasteiger charge is -2.11. The number of carbonyl (C=O) groups excluding carboxylic acids is 1. The number of hydrogen-bond acceptors (Lipinski definition) is 4. The van der Waals surface area contributed by atoms with E-state index in [1.165, 1.54) is 10.8 Å². The molecule has 0 aliphatic rings. The second-order valence-electron chi connectivity index (χ2n) is 5.52. The van der Waals surface area contributed by atoms with Gasteiger partial charge in [0.25, 0.3) is 0 Å². The number of ether oxygens (including phenoxy) is 1. The van der Waals surface area contributed by atoms with Crippen molar-refractivity contribution in [3.63, 3.8) is 0 Å². The first kappa shape index (κ1) is 15.2. The van der Waals surface area contributed by atoms with Crippen molar-refractivity contribution in [2.45, 2.75) is 26.1 Å². The van der Waals surface area contributed by atoms with Crippen LogP contribution >= 0.6 is 0 Å². The SMILES string of the molecule is CC(C)OC(=O)[n+]1ccc2occc2c1C(O)c1ccccc1. The van der Waals surface area contributed by atoms with Gasteiger partial charge in [-0.05, 0) is 25.5 Å². The Labute approximate surface area is 133 Å². The van der Waals surface area contributed by atoms with Crippen LogP contribution in [0.3, 0.4) is 0 Å². The molecular weight excluding hydrogens is 294 g/mol. The topological polar surface area (TPSA) is 63.5 Å². The predicted molar refractivity (Wildman–Crippen MR) is 83.9 cm³/mol. The molecule has 1 unspecified atom stereocenters. The van der Waals surface area contributed by atoms with Gasteiger partial charge >= 0.3 is 6.09 Å². The molecule has 0 radical (unpaired) electrons. The van der Waals surface area contributed by atoms with E-state index >= 15 is 0 Å². The highest BCUT2D eigenvalue weighted by atomic mass is 16.6. The molecule has 23 heavy (non-hydrogen) atoms. The molecule has 0 bridgehead atoms. The Hall–Kier alpha value is -2.66. The van der Waals surface area contributed by atoms with Crippen molar-refractivity contribution in [2.24, 2.45) is 0 Å². The number of hydrogen-bond donors (Lipinski definition) is 1. The minimum atomic E-state index is -0.975. The van der Waals surface area contributed by atoms with Crippen molar-refractivity contribution in [3.05, 3.63) is 66.2 Å². The Morgan fingerprint density at radius 2 is 1.91 bits per heavy atom. The molecule has 1 atom stereocenters. The van der Waals surface area contributed by atoms with E-state index in [4.69, 9.17) is 9.15 Å². The van der Waals surface area contributed by atoms with Gasteiger partial charge in [-0.3, -0.25) is 0 Å². The Kier molecular flexibility index (Phi) is 4.12. The highest BCUT2D eigenvalue weighted by Gasteiger charge is 2.32. The number of benzene rings is 1. The summed E-state index contributed by atoms with van der Waals surface area (Å²) >= 11 is 0. The van der Waals surface area contributed by atoms with Crippen LogP contribution in [0.5, 0.6) is 0 Å². The Morgan fingerprint density at radius 3 is 2.61 bits per heavy atom. The molecule has 118 valence electrons. The predicted octanol–water partition coefficient (Wildman–Crippen LogP) is 3.20. The summed E-state index contributed by atoms with van der Waals surface area (Å²) in [5.74, 6) is 0. The van der Waals surface area contributed by atoms with Crippen molar-refractivity contribution in [2.75, 3.05) is 0 Å². The van der Waals surface area contributed by atoms with Crippen molar-refractivity contribution >= 4 is 17.1 Å². The maximum Gasteiger partial charge on any atom is 0.602 e. The van der Waals surface area contributed by atoms with E-state index in [1.54, 1.807) is 32.2 Å². The van der Waals surface area contributed by atoms with Gasteiger partial charge in [-0.2, -0.15) is 4.79 Å². The van der Waals surface area contributed by atoms with Gasteiger partial charge in [-0.25, -0.2) is 0 Å². The third-order valence-electron chi connectivity index (χ3n) is 3.51. The fraction of sp³-hybridized carbons (Fsp3) is 0.222. The lowest BCUT2D eigenvalue weighted by atomic mass is 10.0. The molecule has 0 aliphatic carbocycles. The highest BCUT2D eigenvalue weighted by molar-refractivity contribution is 5.80. The summed E-state index contributed by atoms with van der Waals surface area (Å²) in [5, 5.41) is 11.5. The average molecular weight is 312 g/mol. The van der Waals surface area contributed by atoms with Crippen LogP contribution in [-0.2, 0) is 4.74 Å². The number of furan rings is 1. The first-order valence-corrected chi connectivity index (χ1v) is 7.43. The van der Waals surface area contributed by atoms with E-state index in [-0.39, 0.29) is 6.10 Å². The van der Waals surface area contributed by atoms with E-state index in [0.717, 1.165) is 0 Å². The molecule has 1 N–H and O–H groups in total. The van der Waals surface area contributed by atoms with Crippen LogP contribution in [0.15, 0.2) is 59.3 Å². The second-order valence-corrected chi connectivity index (χ2v) is 5.52. The monoisotopic (exact) mass is 312 g/mol.